The Morgan fingerprint density at radius 3 is 2.61 bits per heavy atom. The third-order valence-electron chi connectivity index (χ3n) is 2.71. The van der Waals surface area contributed by atoms with Crippen molar-refractivity contribution in [2.75, 3.05) is 32.7 Å². The minimum atomic E-state index is -2.88. The van der Waals surface area contributed by atoms with Gasteiger partial charge in [0.05, 0.1) is 12.7 Å². The molecule has 0 N–H and O–H groups in total. The van der Waals surface area contributed by atoms with E-state index in [1.165, 1.54) is 24.7 Å². The molecule has 104 valence electrons. The lowest BCUT2D eigenvalue weighted by molar-refractivity contribution is 0.277. The molecule has 18 heavy (non-hydrogen) atoms. The van der Waals surface area contributed by atoms with Crippen LogP contribution in [0, 0.1) is 0 Å². The molecule has 0 saturated carbocycles. The quantitative estimate of drug-likeness (QED) is 0.694. The molecule has 0 aromatic rings. The molecule has 0 spiro atoms. The molecule has 0 unspecified atom stereocenters. The number of hydrogen-bond donors (Lipinski definition) is 0. The van der Waals surface area contributed by atoms with Gasteiger partial charge in [0, 0.05) is 20.0 Å². The van der Waals surface area contributed by atoms with Crippen molar-refractivity contribution in [3.05, 3.63) is 10.5 Å². The molecule has 4 nitrogen and oxygen atoms in total. The van der Waals surface area contributed by atoms with E-state index in [4.69, 9.17) is 9.05 Å². The van der Waals surface area contributed by atoms with Crippen LogP contribution in [-0.4, -0.2) is 37.1 Å². The zero-order chi connectivity index (χ0) is 13.6. The molecule has 0 bridgehead atoms. The van der Waals surface area contributed by atoms with Crippen molar-refractivity contribution in [3.63, 3.8) is 0 Å². The first-order valence-electron chi connectivity index (χ1n) is 5.79. The van der Waals surface area contributed by atoms with Crippen LogP contribution in [0.2, 0.25) is 0 Å². The lowest BCUT2D eigenvalue weighted by Crippen LogP contribution is -2.04. The van der Waals surface area contributed by atoms with Gasteiger partial charge < -0.3 is 9.05 Å². The van der Waals surface area contributed by atoms with Crippen molar-refractivity contribution in [2.45, 2.75) is 20.3 Å². The Morgan fingerprint density at radius 1 is 1.44 bits per heavy atom. The topological polar surface area (TPSA) is 47.9 Å². The van der Waals surface area contributed by atoms with Crippen molar-refractivity contribution < 1.29 is 13.6 Å². The Labute approximate surface area is 118 Å². The van der Waals surface area contributed by atoms with E-state index >= 15 is 0 Å². The Hall–Kier alpha value is 0.260. The van der Waals surface area contributed by atoms with E-state index in [0.29, 0.717) is 11.9 Å². The van der Waals surface area contributed by atoms with Crippen LogP contribution in [0.25, 0.3) is 0 Å². The number of hydrogen-bond acceptors (Lipinski definition) is 6. The predicted octanol–water partition coefficient (Wildman–Crippen LogP) is 3.99. The largest absolute Gasteiger partial charge is 0.330 e. The van der Waals surface area contributed by atoms with Crippen LogP contribution in [0.5, 0.6) is 0 Å². The SMILES string of the molecule is CCC1=C(C)SC(SCCP(=O)(OC)OC)=NC1. The second-order valence-corrected chi connectivity index (χ2v) is 8.69. The first-order chi connectivity index (χ1) is 8.54. The fourth-order valence-corrected chi connectivity index (χ4v) is 5.15. The summed E-state index contributed by atoms with van der Waals surface area (Å²) < 4.78 is 22.7. The number of nitrogens with zero attached hydrogens (tertiary/aromatic N) is 1. The molecule has 0 saturated heterocycles. The Bertz CT molecular complexity index is 388. The summed E-state index contributed by atoms with van der Waals surface area (Å²) in [6, 6.07) is 0. The third kappa shape index (κ3) is 4.74. The van der Waals surface area contributed by atoms with Gasteiger partial charge in [0.25, 0.3) is 0 Å². The lowest BCUT2D eigenvalue weighted by atomic mass is 10.2. The van der Waals surface area contributed by atoms with Gasteiger partial charge in [0.2, 0.25) is 0 Å². The minimum Gasteiger partial charge on any atom is -0.312 e. The van der Waals surface area contributed by atoms with Crippen molar-refractivity contribution >= 4 is 35.5 Å². The van der Waals surface area contributed by atoms with Gasteiger partial charge in [-0.1, -0.05) is 30.4 Å². The number of thioether (sulfide) groups is 2. The van der Waals surface area contributed by atoms with Crippen LogP contribution in [0.3, 0.4) is 0 Å². The standard InChI is InChI=1S/C11H20NO3PS2/c1-5-10-8-12-11(18-9(10)2)17-7-6-16(13,14-3)15-4/h5-8H2,1-4H3. The molecular weight excluding hydrogens is 289 g/mol. The van der Waals surface area contributed by atoms with Gasteiger partial charge in [-0.2, -0.15) is 0 Å². The number of aliphatic imine (C=N–C) groups is 1. The van der Waals surface area contributed by atoms with E-state index in [1.54, 1.807) is 23.5 Å². The highest BCUT2D eigenvalue weighted by molar-refractivity contribution is 8.40. The van der Waals surface area contributed by atoms with E-state index in [9.17, 15) is 4.57 Å². The van der Waals surface area contributed by atoms with Gasteiger partial charge in [-0.05, 0) is 23.8 Å². The van der Waals surface area contributed by atoms with Gasteiger partial charge in [0.1, 0.15) is 4.38 Å². The fourth-order valence-electron chi connectivity index (χ4n) is 1.44. The van der Waals surface area contributed by atoms with E-state index in [-0.39, 0.29) is 0 Å². The monoisotopic (exact) mass is 309 g/mol. The number of rotatable bonds is 6. The van der Waals surface area contributed by atoms with Crippen molar-refractivity contribution in [3.8, 4) is 0 Å². The molecule has 7 heteroatoms. The molecule has 0 fully saturated rings. The summed E-state index contributed by atoms with van der Waals surface area (Å²) in [5.41, 5.74) is 1.41. The van der Waals surface area contributed by atoms with E-state index in [2.05, 4.69) is 18.8 Å². The first-order valence-corrected chi connectivity index (χ1v) is 9.32. The lowest BCUT2D eigenvalue weighted by Gasteiger charge is -2.17. The summed E-state index contributed by atoms with van der Waals surface area (Å²) in [5.74, 6) is 0.694. The van der Waals surface area contributed by atoms with Gasteiger partial charge in [-0.25, -0.2) is 0 Å². The van der Waals surface area contributed by atoms with Crippen LogP contribution in [0.15, 0.2) is 15.5 Å². The summed E-state index contributed by atoms with van der Waals surface area (Å²) in [5, 5.41) is 0. The molecule has 0 aromatic heterocycles. The fraction of sp³-hybridized carbons (Fsp3) is 0.727. The zero-order valence-corrected chi connectivity index (χ0v) is 13.8. The summed E-state index contributed by atoms with van der Waals surface area (Å²) in [6.07, 6.45) is 1.47. The second-order valence-electron chi connectivity index (χ2n) is 3.75. The summed E-state index contributed by atoms with van der Waals surface area (Å²) in [6.45, 7) is 5.08. The van der Waals surface area contributed by atoms with Crippen molar-refractivity contribution in [1.82, 2.24) is 0 Å². The normalized spacial score (nSPS) is 17.0. The van der Waals surface area contributed by atoms with Crippen molar-refractivity contribution in [1.29, 1.82) is 0 Å². The van der Waals surface area contributed by atoms with Gasteiger partial charge in [-0.15, -0.1) is 0 Å². The maximum atomic E-state index is 11.8. The summed E-state index contributed by atoms with van der Waals surface area (Å²) in [4.78, 5) is 5.86. The Morgan fingerprint density at radius 2 is 2.11 bits per heavy atom. The van der Waals surface area contributed by atoms with Crippen LogP contribution in [0.4, 0.5) is 0 Å². The Kier molecular flexibility index (Phi) is 7.03. The van der Waals surface area contributed by atoms with Gasteiger partial charge >= 0.3 is 7.60 Å². The molecule has 0 atom stereocenters. The molecule has 1 aliphatic heterocycles. The average molecular weight is 309 g/mol. The predicted molar refractivity (Wildman–Crippen MR) is 81.8 cm³/mol. The van der Waals surface area contributed by atoms with Gasteiger partial charge in [-0.3, -0.25) is 9.56 Å². The highest BCUT2D eigenvalue weighted by Crippen LogP contribution is 2.47. The maximum absolute atomic E-state index is 11.8. The van der Waals surface area contributed by atoms with Crippen LogP contribution < -0.4 is 0 Å². The molecule has 0 aromatic carbocycles. The van der Waals surface area contributed by atoms with Crippen molar-refractivity contribution in [2.24, 2.45) is 4.99 Å². The van der Waals surface area contributed by atoms with Crippen LogP contribution in [-0.2, 0) is 13.6 Å². The maximum Gasteiger partial charge on any atom is 0.330 e. The van der Waals surface area contributed by atoms with Crippen LogP contribution >= 0.6 is 31.1 Å². The smallest absolute Gasteiger partial charge is 0.312 e. The molecule has 0 amide bonds. The first kappa shape index (κ1) is 16.3. The summed E-state index contributed by atoms with van der Waals surface area (Å²) >= 11 is 3.32. The molecule has 1 rings (SSSR count). The molecule has 0 radical (unpaired) electrons. The van der Waals surface area contributed by atoms with E-state index in [0.717, 1.165) is 17.3 Å². The highest BCUT2D eigenvalue weighted by atomic mass is 32.2. The molecule has 0 aliphatic carbocycles. The average Bonchev–Trinajstić information content (AvgIpc) is 2.39. The molecular formula is C11H20NO3PS2. The van der Waals surface area contributed by atoms with Gasteiger partial charge in [0.15, 0.2) is 0 Å². The number of allylic oxidation sites excluding steroid dienone is 1. The van der Waals surface area contributed by atoms with E-state index < -0.39 is 7.60 Å². The second kappa shape index (κ2) is 7.75. The Balaban J connectivity index is 2.39. The summed E-state index contributed by atoms with van der Waals surface area (Å²) in [7, 11) is -0.0413. The molecule has 1 aliphatic rings. The molecule has 1 heterocycles. The van der Waals surface area contributed by atoms with Crippen LogP contribution in [0.1, 0.15) is 20.3 Å². The third-order valence-corrected chi connectivity index (χ3v) is 7.18. The van der Waals surface area contributed by atoms with E-state index in [1.807, 2.05) is 0 Å². The zero-order valence-electron chi connectivity index (χ0n) is 11.3. The highest BCUT2D eigenvalue weighted by Gasteiger charge is 2.21. The minimum absolute atomic E-state index is 0.410.